The number of aromatic amines is 1. The van der Waals surface area contributed by atoms with Crippen LogP contribution in [0.4, 0.5) is 0 Å². The molecule has 0 saturated carbocycles. The van der Waals surface area contributed by atoms with Crippen molar-refractivity contribution < 1.29 is 0 Å². The summed E-state index contributed by atoms with van der Waals surface area (Å²) in [5, 5.41) is 3.30. The highest BCUT2D eigenvalue weighted by Crippen LogP contribution is 2.25. The highest BCUT2D eigenvalue weighted by molar-refractivity contribution is 7.99. The lowest BCUT2D eigenvalue weighted by Crippen LogP contribution is -2.35. The molecule has 1 unspecified atom stereocenters. The lowest BCUT2D eigenvalue weighted by Gasteiger charge is -2.31. The van der Waals surface area contributed by atoms with Crippen molar-refractivity contribution in [3.63, 3.8) is 0 Å². The molecule has 1 aromatic heterocycles. The quantitative estimate of drug-likeness (QED) is 0.862. The average Bonchev–Trinajstić information content (AvgIpc) is 2.36. The van der Waals surface area contributed by atoms with Gasteiger partial charge in [0.15, 0.2) is 0 Å². The van der Waals surface area contributed by atoms with E-state index < -0.39 is 0 Å². The number of thioether (sulfide) groups is 1. The van der Waals surface area contributed by atoms with E-state index in [0.29, 0.717) is 12.6 Å². The molecular weight excluding hydrogens is 260 g/mol. The first-order valence-electron chi connectivity index (χ1n) is 6.68. The fourth-order valence-corrected chi connectivity index (χ4v) is 3.28. The molecule has 1 aromatic rings. The molecule has 2 rings (SSSR count). The maximum absolute atomic E-state index is 11.8. The molecule has 1 saturated heterocycles. The van der Waals surface area contributed by atoms with Gasteiger partial charge in [-0.3, -0.25) is 9.69 Å². The smallest absolute Gasteiger partial charge is 0.251 e. The molecule has 2 heterocycles. The fraction of sp³-hybridized carbons (Fsp3) is 0.692. The number of hydrogen-bond donors (Lipinski definition) is 2. The summed E-state index contributed by atoms with van der Waals surface area (Å²) >= 11 is 1.91. The van der Waals surface area contributed by atoms with Crippen molar-refractivity contribution in [2.75, 3.05) is 25.1 Å². The first-order valence-corrected chi connectivity index (χ1v) is 7.83. The second kappa shape index (κ2) is 6.54. The van der Waals surface area contributed by atoms with Gasteiger partial charge in [0.05, 0.1) is 11.7 Å². The number of aromatic nitrogens is 2. The molecule has 5 nitrogen and oxygen atoms in total. The molecule has 19 heavy (non-hydrogen) atoms. The van der Waals surface area contributed by atoms with Gasteiger partial charge < -0.3 is 10.3 Å². The minimum absolute atomic E-state index is 0.0606. The van der Waals surface area contributed by atoms with Crippen LogP contribution in [0.2, 0.25) is 0 Å². The Labute approximate surface area is 118 Å². The first-order chi connectivity index (χ1) is 9.06. The van der Waals surface area contributed by atoms with Crippen molar-refractivity contribution in [3.8, 4) is 0 Å². The predicted molar refractivity (Wildman–Crippen MR) is 79.5 cm³/mol. The Balaban J connectivity index is 2.18. The molecule has 1 fully saturated rings. The van der Waals surface area contributed by atoms with Crippen LogP contribution in [0, 0.1) is 0 Å². The molecule has 1 aliphatic heterocycles. The summed E-state index contributed by atoms with van der Waals surface area (Å²) in [4.78, 5) is 21.5. The predicted octanol–water partition coefficient (Wildman–Crippen LogP) is 0.988. The summed E-state index contributed by atoms with van der Waals surface area (Å²) in [6.45, 7) is 5.84. The van der Waals surface area contributed by atoms with Crippen molar-refractivity contribution in [2.24, 2.45) is 0 Å². The maximum atomic E-state index is 11.8. The summed E-state index contributed by atoms with van der Waals surface area (Å²) < 4.78 is 0. The monoisotopic (exact) mass is 282 g/mol. The van der Waals surface area contributed by atoms with Crippen molar-refractivity contribution >= 4 is 11.8 Å². The van der Waals surface area contributed by atoms with Crippen LogP contribution in [0.25, 0.3) is 0 Å². The Kier molecular flexibility index (Phi) is 5.01. The number of rotatable bonds is 4. The van der Waals surface area contributed by atoms with Crippen LogP contribution in [-0.4, -0.2) is 46.0 Å². The molecule has 1 atom stereocenters. The molecule has 0 aliphatic carbocycles. The van der Waals surface area contributed by atoms with Gasteiger partial charge >= 0.3 is 0 Å². The summed E-state index contributed by atoms with van der Waals surface area (Å²) in [6, 6.07) is 2.18. The van der Waals surface area contributed by atoms with Crippen LogP contribution in [0.3, 0.4) is 0 Å². The van der Waals surface area contributed by atoms with Gasteiger partial charge in [0.1, 0.15) is 5.82 Å². The van der Waals surface area contributed by atoms with Gasteiger partial charge in [-0.25, -0.2) is 4.98 Å². The highest BCUT2D eigenvalue weighted by Gasteiger charge is 2.23. The normalized spacial score (nSPS) is 20.9. The Morgan fingerprint density at radius 3 is 3.11 bits per heavy atom. The summed E-state index contributed by atoms with van der Waals surface area (Å²) in [5.41, 5.74) is 0.756. The van der Waals surface area contributed by atoms with Crippen LogP contribution in [0.5, 0.6) is 0 Å². The second-order valence-electron chi connectivity index (χ2n) is 5.23. The highest BCUT2D eigenvalue weighted by atomic mass is 32.2. The van der Waals surface area contributed by atoms with E-state index in [1.165, 1.54) is 0 Å². The largest absolute Gasteiger partial charge is 0.309 e. The molecule has 0 spiro atoms. The summed E-state index contributed by atoms with van der Waals surface area (Å²) in [6.07, 6.45) is 0. The third-order valence-corrected chi connectivity index (χ3v) is 4.24. The molecule has 106 valence electrons. The molecule has 0 amide bonds. The topological polar surface area (TPSA) is 61.0 Å². The van der Waals surface area contributed by atoms with Crippen LogP contribution in [0.15, 0.2) is 10.9 Å². The lowest BCUT2D eigenvalue weighted by molar-refractivity contribution is 0.263. The van der Waals surface area contributed by atoms with E-state index in [2.05, 4.69) is 41.1 Å². The molecule has 0 radical (unpaired) electrons. The zero-order valence-electron chi connectivity index (χ0n) is 11.8. The number of hydrogen-bond acceptors (Lipinski definition) is 5. The first kappa shape index (κ1) is 14.6. The van der Waals surface area contributed by atoms with E-state index in [1.807, 2.05) is 11.8 Å². The summed E-state index contributed by atoms with van der Waals surface area (Å²) in [7, 11) is 2.09. The SMILES string of the molecule is CC(C)NCc1cc(=O)[nH]c(C2CSCCN2C)n1. The summed E-state index contributed by atoms with van der Waals surface area (Å²) in [5.74, 6) is 2.93. The third-order valence-electron chi connectivity index (χ3n) is 3.22. The Morgan fingerprint density at radius 1 is 1.63 bits per heavy atom. The van der Waals surface area contributed by atoms with Crippen molar-refractivity contribution in [2.45, 2.75) is 32.5 Å². The van der Waals surface area contributed by atoms with E-state index in [-0.39, 0.29) is 11.6 Å². The Bertz CT molecular complexity index is 474. The van der Waals surface area contributed by atoms with Gasteiger partial charge in [-0.15, -0.1) is 0 Å². The van der Waals surface area contributed by atoms with Gasteiger partial charge in [0.2, 0.25) is 0 Å². The zero-order valence-corrected chi connectivity index (χ0v) is 12.6. The minimum Gasteiger partial charge on any atom is -0.309 e. The van der Waals surface area contributed by atoms with Crippen molar-refractivity contribution in [3.05, 3.63) is 27.9 Å². The molecular formula is C13H22N4OS. The molecule has 1 aliphatic rings. The Hall–Kier alpha value is -0.850. The number of H-pyrrole nitrogens is 1. The maximum Gasteiger partial charge on any atom is 0.251 e. The molecule has 6 heteroatoms. The third kappa shape index (κ3) is 4.06. The fourth-order valence-electron chi connectivity index (χ4n) is 2.06. The van der Waals surface area contributed by atoms with Gasteiger partial charge in [-0.1, -0.05) is 13.8 Å². The van der Waals surface area contributed by atoms with Crippen LogP contribution < -0.4 is 10.9 Å². The zero-order chi connectivity index (χ0) is 13.8. The van der Waals surface area contributed by atoms with E-state index in [1.54, 1.807) is 6.07 Å². The lowest BCUT2D eigenvalue weighted by atomic mass is 10.2. The minimum atomic E-state index is -0.0606. The van der Waals surface area contributed by atoms with Gasteiger partial charge in [-0.2, -0.15) is 11.8 Å². The number of nitrogens with zero attached hydrogens (tertiary/aromatic N) is 2. The van der Waals surface area contributed by atoms with Gasteiger partial charge in [0, 0.05) is 36.7 Å². The van der Waals surface area contributed by atoms with Crippen LogP contribution >= 0.6 is 11.8 Å². The second-order valence-corrected chi connectivity index (χ2v) is 6.38. The average molecular weight is 282 g/mol. The molecule has 0 bridgehead atoms. The van der Waals surface area contributed by atoms with Crippen LogP contribution in [-0.2, 0) is 6.54 Å². The Morgan fingerprint density at radius 2 is 2.42 bits per heavy atom. The standard InChI is InChI=1S/C13H22N4OS/c1-9(2)14-7-10-6-12(18)16-13(15-10)11-8-19-5-4-17(11)3/h6,9,11,14H,4-5,7-8H2,1-3H3,(H,15,16,18). The molecule has 2 N–H and O–H groups in total. The van der Waals surface area contributed by atoms with Crippen molar-refractivity contribution in [1.29, 1.82) is 0 Å². The molecule has 0 aromatic carbocycles. The van der Waals surface area contributed by atoms with Gasteiger partial charge in [0.25, 0.3) is 5.56 Å². The van der Waals surface area contributed by atoms with E-state index in [9.17, 15) is 4.79 Å². The van der Waals surface area contributed by atoms with Crippen LogP contribution in [0.1, 0.15) is 31.4 Å². The number of nitrogens with one attached hydrogen (secondary N) is 2. The van der Waals surface area contributed by atoms with Crippen molar-refractivity contribution in [1.82, 2.24) is 20.2 Å². The van der Waals surface area contributed by atoms with Gasteiger partial charge in [-0.05, 0) is 7.05 Å². The van der Waals surface area contributed by atoms with E-state index in [4.69, 9.17) is 0 Å². The van der Waals surface area contributed by atoms with E-state index >= 15 is 0 Å². The van der Waals surface area contributed by atoms with E-state index in [0.717, 1.165) is 29.6 Å².